The number of hydrogen-bond donors (Lipinski definition) is 2. The fourth-order valence-corrected chi connectivity index (χ4v) is 4.55. The zero-order valence-electron chi connectivity index (χ0n) is 15.3. The van der Waals surface area contributed by atoms with Crippen LogP contribution in [0.5, 0.6) is 0 Å². The van der Waals surface area contributed by atoms with Gasteiger partial charge in [-0.15, -0.1) is 0 Å². The standard InChI is InChI=1S/C19H30BrNO2Si/c1-19(2,3)24(4,5)23-16-12-11-15(18(22)17(16)20)21-13-14-9-7-6-8-10-14/h6-12,15-18,21-22H,13H2,1-5H3/t15-,16+,17-,18+/m1/s1. The molecule has 0 spiro atoms. The van der Waals surface area contributed by atoms with Gasteiger partial charge >= 0.3 is 0 Å². The van der Waals surface area contributed by atoms with Crippen LogP contribution in [0.15, 0.2) is 42.5 Å². The molecule has 0 fully saturated rings. The smallest absolute Gasteiger partial charge is 0.192 e. The van der Waals surface area contributed by atoms with Gasteiger partial charge in [0.25, 0.3) is 0 Å². The second-order valence-corrected chi connectivity index (χ2v) is 13.9. The van der Waals surface area contributed by atoms with Crippen LogP contribution in [0.4, 0.5) is 0 Å². The maximum atomic E-state index is 10.7. The van der Waals surface area contributed by atoms with Crippen molar-refractivity contribution in [3.8, 4) is 0 Å². The molecule has 2 N–H and O–H groups in total. The van der Waals surface area contributed by atoms with Crippen molar-refractivity contribution in [1.82, 2.24) is 5.32 Å². The fourth-order valence-electron chi connectivity index (χ4n) is 2.48. The van der Waals surface area contributed by atoms with Gasteiger partial charge in [0.2, 0.25) is 0 Å². The SMILES string of the molecule is CC(C)(C)[Si](C)(C)O[C@H]1C=C[C@@H](NCc2ccccc2)[C@H](O)[C@@H]1Br. The molecular formula is C19H30BrNO2Si. The van der Waals surface area contributed by atoms with Crippen molar-refractivity contribution in [3.05, 3.63) is 48.0 Å². The molecule has 3 nitrogen and oxygen atoms in total. The molecule has 1 aromatic carbocycles. The highest BCUT2D eigenvalue weighted by atomic mass is 79.9. The number of alkyl halides is 1. The van der Waals surface area contributed by atoms with E-state index >= 15 is 0 Å². The minimum Gasteiger partial charge on any atom is -0.409 e. The lowest BCUT2D eigenvalue weighted by Crippen LogP contribution is -2.53. The van der Waals surface area contributed by atoms with E-state index in [1.165, 1.54) is 5.56 Å². The molecule has 0 radical (unpaired) electrons. The molecule has 0 unspecified atom stereocenters. The second-order valence-electron chi connectivity index (χ2n) is 8.05. The molecule has 0 bridgehead atoms. The van der Waals surface area contributed by atoms with Crippen molar-refractivity contribution in [2.75, 3.05) is 0 Å². The third-order valence-corrected chi connectivity index (χ3v) is 10.7. The molecule has 134 valence electrons. The van der Waals surface area contributed by atoms with Crippen molar-refractivity contribution in [2.45, 2.75) is 68.5 Å². The maximum Gasteiger partial charge on any atom is 0.192 e. The molecule has 4 atom stereocenters. The summed E-state index contributed by atoms with van der Waals surface area (Å²) in [4.78, 5) is -0.107. The van der Waals surface area contributed by atoms with Gasteiger partial charge in [0, 0.05) is 6.54 Å². The van der Waals surface area contributed by atoms with Crippen LogP contribution in [-0.4, -0.2) is 36.5 Å². The molecule has 1 aliphatic carbocycles. The van der Waals surface area contributed by atoms with E-state index in [4.69, 9.17) is 4.43 Å². The summed E-state index contributed by atoms with van der Waals surface area (Å²) in [5.74, 6) is 0. The number of aliphatic hydroxyl groups excluding tert-OH is 1. The Morgan fingerprint density at radius 2 is 1.79 bits per heavy atom. The van der Waals surface area contributed by atoms with Crippen LogP contribution in [0, 0.1) is 0 Å². The molecule has 1 aromatic rings. The summed E-state index contributed by atoms with van der Waals surface area (Å²) in [6, 6.07) is 10.2. The van der Waals surface area contributed by atoms with E-state index in [9.17, 15) is 5.11 Å². The Labute approximate surface area is 155 Å². The fraction of sp³-hybridized carbons (Fsp3) is 0.579. The highest BCUT2D eigenvalue weighted by Crippen LogP contribution is 2.39. The topological polar surface area (TPSA) is 41.5 Å². The van der Waals surface area contributed by atoms with Gasteiger partial charge in [-0.1, -0.05) is 79.2 Å². The maximum absolute atomic E-state index is 10.7. The zero-order valence-corrected chi connectivity index (χ0v) is 17.9. The highest BCUT2D eigenvalue weighted by molar-refractivity contribution is 9.09. The number of nitrogens with one attached hydrogen (secondary N) is 1. The quantitative estimate of drug-likeness (QED) is 0.432. The highest BCUT2D eigenvalue weighted by Gasteiger charge is 2.42. The van der Waals surface area contributed by atoms with Crippen LogP contribution in [0.3, 0.4) is 0 Å². The van der Waals surface area contributed by atoms with E-state index in [2.05, 4.69) is 73.3 Å². The molecule has 1 aliphatic rings. The number of benzene rings is 1. The van der Waals surface area contributed by atoms with Crippen LogP contribution in [0.2, 0.25) is 18.1 Å². The predicted octanol–water partition coefficient (Wildman–Crippen LogP) is 4.23. The van der Waals surface area contributed by atoms with Crippen LogP contribution in [-0.2, 0) is 11.0 Å². The predicted molar refractivity (Wildman–Crippen MR) is 107 cm³/mol. The van der Waals surface area contributed by atoms with Gasteiger partial charge in [0.15, 0.2) is 8.32 Å². The molecule has 24 heavy (non-hydrogen) atoms. The summed E-state index contributed by atoms with van der Waals surface area (Å²) in [5, 5.41) is 14.2. The first-order valence-corrected chi connectivity index (χ1v) is 12.4. The number of hydrogen-bond acceptors (Lipinski definition) is 3. The molecule has 0 amide bonds. The van der Waals surface area contributed by atoms with Crippen molar-refractivity contribution in [3.63, 3.8) is 0 Å². The molecule has 0 aliphatic heterocycles. The van der Waals surface area contributed by atoms with E-state index in [0.29, 0.717) is 0 Å². The van der Waals surface area contributed by atoms with Gasteiger partial charge in [-0.25, -0.2) is 0 Å². The number of aliphatic hydroxyl groups is 1. The number of halogens is 1. The first kappa shape index (κ1) is 19.9. The minimum absolute atomic E-state index is 0.0751. The first-order valence-electron chi connectivity index (χ1n) is 8.57. The van der Waals surface area contributed by atoms with Crippen LogP contribution >= 0.6 is 15.9 Å². The third-order valence-electron chi connectivity index (χ3n) is 5.14. The molecule has 2 rings (SSSR count). The normalized spacial score (nSPS) is 28.1. The third kappa shape index (κ3) is 4.79. The number of rotatable bonds is 5. The summed E-state index contributed by atoms with van der Waals surface area (Å²) >= 11 is 3.66. The van der Waals surface area contributed by atoms with E-state index in [1.807, 2.05) is 24.3 Å². The largest absolute Gasteiger partial charge is 0.409 e. The summed E-state index contributed by atoms with van der Waals surface area (Å²) in [6.45, 7) is 11.9. The monoisotopic (exact) mass is 411 g/mol. The Morgan fingerprint density at radius 1 is 1.17 bits per heavy atom. The van der Waals surface area contributed by atoms with Gasteiger partial charge in [-0.2, -0.15) is 0 Å². The Hall–Kier alpha value is -0.463. The summed E-state index contributed by atoms with van der Waals surface area (Å²) < 4.78 is 6.45. The van der Waals surface area contributed by atoms with Gasteiger partial charge in [0.05, 0.1) is 23.1 Å². The van der Waals surface area contributed by atoms with Crippen LogP contribution < -0.4 is 5.32 Å². The van der Waals surface area contributed by atoms with Crippen molar-refractivity contribution < 1.29 is 9.53 Å². The van der Waals surface area contributed by atoms with Crippen LogP contribution in [0.25, 0.3) is 0 Å². The van der Waals surface area contributed by atoms with Crippen LogP contribution in [0.1, 0.15) is 26.3 Å². The lowest BCUT2D eigenvalue weighted by Gasteiger charge is -2.42. The van der Waals surface area contributed by atoms with Gasteiger partial charge in [-0.3, -0.25) is 0 Å². The summed E-state index contributed by atoms with van der Waals surface area (Å²) in [7, 11) is -1.87. The Bertz CT molecular complexity index is 556. The zero-order chi connectivity index (χ0) is 18.0. The Kier molecular flexibility index (Phi) is 6.48. The van der Waals surface area contributed by atoms with E-state index in [0.717, 1.165) is 6.54 Å². The molecule has 0 saturated heterocycles. The Morgan fingerprint density at radius 3 is 2.38 bits per heavy atom. The average molecular weight is 412 g/mol. The lowest BCUT2D eigenvalue weighted by atomic mass is 9.97. The van der Waals surface area contributed by atoms with Gasteiger partial charge in [0.1, 0.15) is 0 Å². The minimum atomic E-state index is -1.87. The average Bonchev–Trinajstić information content (AvgIpc) is 2.51. The summed E-state index contributed by atoms with van der Waals surface area (Å²) in [5.41, 5.74) is 1.21. The Balaban J connectivity index is 2.00. The van der Waals surface area contributed by atoms with Gasteiger partial charge < -0.3 is 14.8 Å². The van der Waals surface area contributed by atoms with Crippen molar-refractivity contribution in [1.29, 1.82) is 0 Å². The van der Waals surface area contributed by atoms with Crippen molar-refractivity contribution >= 4 is 24.2 Å². The molecule has 0 aromatic heterocycles. The first-order chi connectivity index (χ1) is 11.1. The lowest BCUT2D eigenvalue weighted by molar-refractivity contribution is 0.0898. The molecule has 0 heterocycles. The molecule has 5 heteroatoms. The van der Waals surface area contributed by atoms with E-state index in [-0.39, 0.29) is 22.0 Å². The summed E-state index contributed by atoms with van der Waals surface area (Å²) in [6.07, 6.45) is 3.53. The van der Waals surface area contributed by atoms with Crippen molar-refractivity contribution in [2.24, 2.45) is 0 Å². The van der Waals surface area contributed by atoms with E-state index in [1.54, 1.807) is 0 Å². The second kappa shape index (κ2) is 7.83. The molecule has 0 saturated carbocycles. The van der Waals surface area contributed by atoms with E-state index < -0.39 is 14.4 Å². The van der Waals surface area contributed by atoms with Gasteiger partial charge in [-0.05, 0) is 23.7 Å². The molecular weight excluding hydrogens is 382 g/mol.